The summed E-state index contributed by atoms with van der Waals surface area (Å²) < 4.78 is 56.7. The van der Waals surface area contributed by atoms with Crippen LogP contribution in [-0.2, 0) is 19.1 Å². The number of guanidine groups is 1. The van der Waals surface area contributed by atoms with Gasteiger partial charge in [-0.15, -0.1) is 0 Å². The second kappa shape index (κ2) is 11.8. The average Bonchev–Trinajstić information content (AvgIpc) is 3.59. The number of aliphatic carboxylic acids is 1. The molecule has 14 heteroatoms. The van der Waals surface area contributed by atoms with Crippen LogP contribution in [0.25, 0.3) is 0 Å². The predicted molar refractivity (Wildman–Crippen MR) is 139 cm³/mol. The van der Waals surface area contributed by atoms with Gasteiger partial charge < -0.3 is 25.6 Å². The Balaban J connectivity index is 0.000000587. The molecular formula is C27H36F4N4O6. The summed E-state index contributed by atoms with van der Waals surface area (Å²) in [6.07, 6.45) is -3.02. The Morgan fingerprint density at radius 3 is 2.49 bits per heavy atom. The van der Waals surface area contributed by atoms with Gasteiger partial charge in [-0.05, 0) is 52.5 Å². The molecule has 0 radical (unpaired) electrons. The molecule has 228 valence electrons. The van der Waals surface area contributed by atoms with Crippen molar-refractivity contribution in [3.63, 3.8) is 0 Å². The van der Waals surface area contributed by atoms with Gasteiger partial charge in [-0.3, -0.25) is 14.5 Å². The highest BCUT2D eigenvalue weighted by Gasteiger charge is 2.52. The average molecular weight is 589 g/mol. The third-order valence-corrected chi connectivity index (χ3v) is 7.13. The van der Waals surface area contributed by atoms with Gasteiger partial charge in [-0.1, -0.05) is 6.07 Å². The van der Waals surface area contributed by atoms with E-state index in [1.807, 2.05) is 27.7 Å². The van der Waals surface area contributed by atoms with Crippen LogP contribution in [0.4, 0.5) is 17.6 Å². The minimum Gasteiger partial charge on any atom is -0.487 e. The zero-order chi connectivity index (χ0) is 30.9. The summed E-state index contributed by atoms with van der Waals surface area (Å²) in [7, 11) is 1.61. The molecule has 1 unspecified atom stereocenters. The number of nitrogens with zero attached hydrogens (tertiary/aromatic N) is 2. The summed E-state index contributed by atoms with van der Waals surface area (Å²) in [5.41, 5.74) is 5.91. The first kappa shape index (κ1) is 32.1. The molecule has 0 aromatic heterocycles. The second-order valence-electron chi connectivity index (χ2n) is 11.7. The van der Waals surface area contributed by atoms with Crippen LogP contribution in [0.5, 0.6) is 5.75 Å². The summed E-state index contributed by atoms with van der Waals surface area (Å²) in [6, 6.07) is 3.88. The molecule has 4 atom stereocenters. The van der Waals surface area contributed by atoms with E-state index in [2.05, 4.69) is 10.3 Å². The lowest BCUT2D eigenvalue weighted by molar-refractivity contribution is -0.192. The summed E-state index contributed by atoms with van der Waals surface area (Å²) in [6.45, 7) is 8.05. The van der Waals surface area contributed by atoms with E-state index in [9.17, 15) is 27.2 Å². The van der Waals surface area contributed by atoms with Gasteiger partial charge >= 0.3 is 12.1 Å². The molecule has 1 fully saturated rings. The molecule has 4 N–H and O–H groups in total. The van der Waals surface area contributed by atoms with E-state index in [0.717, 1.165) is 5.56 Å². The molecule has 1 aromatic rings. The first-order valence-electron chi connectivity index (χ1n) is 13.1. The predicted octanol–water partition coefficient (Wildman–Crippen LogP) is 3.54. The van der Waals surface area contributed by atoms with E-state index in [-0.39, 0.29) is 53.9 Å². The third kappa shape index (κ3) is 8.08. The fourth-order valence-electron chi connectivity index (χ4n) is 5.29. The number of hydrogen-bond acceptors (Lipinski definition) is 7. The van der Waals surface area contributed by atoms with E-state index in [1.165, 1.54) is 12.1 Å². The maximum absolute atomic E-state index is 13.8. The zero-order valence-electron chi connectivity index (χ0n) is 23.5. The van der Waals surface area contributed by atoms with Crippen LogP contribution in [0.1, 0.15) is 65.0 Å². The molecule has 41 heavy (non-hydrogen) atoms. The number of ether oxygens (including phenoxy) is 2. The number of carboxylic acid groups (broad SMARTS) is 1. The van der Waals surface area contributed by atoms with E-state index in [4.69, 9.17) is 25.1 Å². The number of alkyl halides is 3. The number of rotatable bonds is 7. The van der Waals surface area contributed by atoms with Crippen molar-refractivity contribution in [2.45, 2.75) is 82.8 Å². The van der Waals surface area contributed by atoms with Gasteiger partial charge in [0.2, 0.25) is 11.8 Å². The van der Waals surface area contributed by atoms with E-state index < -0.39 is 23.3 Å². The smallest absolute Gasteiger partial charge is 0.487 e. The van der Waals surface area contributed by atoms with Gasteiger partial charge in [0.05, 0.1) is 18.0 Å². The Morgan fingerprint density at radius 2 is 1.93 bits per heavy atom. The standard InChI is InChI=1S/C25H35FN4O4.C2HF3O2/c1-24(2)13-21(31)30(23(27)29-24)19(8-9-33-5)16-11-17(16)22(32)28-18-12-25(3,4)34-20-10-14(26)6-7-15(18)20;3-2(4,5)1(6)7/h6-7,10,16-19H,8-9,11-13H2,1-5H3,(H2,27,29)(H,28,32);(H,6,7)/t16-,17-,18?,19-;/m1./s1. The highest BCUT2D eigenvalue weighted by Crippen LogP contribution is 2.47. The van der Waals surface area contributed by atoms with Crippen molar-refractivity contribution in [1.82, 2.24) is 10.2 Å². The molecule has 1 aromatic carbocycles. The Labute approximate surface area is 235 Å². The normalized spacial score (nSPS) is 25.0. The molecular weight excluding hydrogens is 552 g/mol. The quantitative estimate of drug-likeness (QED) is 0.414. The largest absolute Gasteiger partial charge is 0.490 e. The van der Waals surface area contributed by atoms with Gasteiger partial charge in [0.1, 0.15) is 17.2 Å². The number of hydrogen-bond donors (Lipinski definition) is 3. The van der Waals surface area contributed by atoms with Gasteiger partial charge in [0.25, 0.3) is 0 Å². The van der Waals surface area contributed by atoms with Gasteiger partial charge in [0.15, 0.2) is 5.96 Å². The lowest BCUT2D eigenvalue weighted by Crippen LogP contribution is -2.55. The number of carbonyl (C=O) groups is 3. The first-order chi connectivity index (χ1) is 18.8. The monoisotopic (exact) mass is 588 g/mol. The minimum absolute atomic E-state index is 0.0328. The fraction of sp³-hybridized carbons (Fsp3) is 0.630. The molecule has 1 saturated carbocycles. The summed E-state index contributed by atoms with van der Waals surface area (Å²) in [5, 5.41) is 10.3. The van der Waals surface area contributed by atoms with E-state index >= 15 is 0 Å². The van der Waals surface area contributed by atoms with Crippen LogP contribution in [0.2, 0.25) is 0 Å². The molecule has 1 aliphatic carbocycles. The number of carbonyl (C=O) groups excluding carboxylic acids is 2. The molecule has 2 heterocycles. The molecule has 0 bridgehead atoms. The number of nitrogens with one attached hydrogen (secondary N) is 1. The maximum atomic E-state index is 13.8. The highest BCUT2D eigenvalue weighted by atomic mass is 19.4. The topological polar surface area (TPSA) is 144 Å². The molecule has 4 rings (SSSR count). The van der Waals surface area contributed by atoms with Crippen LogP contribution >= 0.6 is 0 Å². The minimum atomic E-state index is -5.08. The molecule has 10 nitrogen and oxygen atoms in total. The lowest BCUT2D eigenvalue weighted by Gasteiger charge is -2.38. The van der Waals surface area contributed by atoms with Crippen molar-refractivity contribution in [2.24, 2.45) is 22.6 Å². The lowest BCUT2D eigenvalue weighted by atomic mass is 9.89. The van der Waals surface area contributed by atoms with Crippen LogP contribution in [0.3, 0.4) is 0 Å². The van der Waals surface area contributed by atoms with Crippen LogP contribution in [0, 0.1) is 17.7 Å². The maximum Gasteiger partial charge on any atom is 0.490 e. The number of carboxylic acids is 1. The summed E-state index contributed by atoms with van der Waals surface area (Å²) in [5.74, 6) is -2.90. The Bertz CT molecular complexity index is 1200. The number of fused-ring (bicyclic) bond motifs is 1. The molecule has 2 amide bonds. The molecule has 2 aliphatic heterocycles. The fourth-order valence-corrected chi connectivity index (χ4v) is 5.29. The molecule has 3 aliphatic rings. The summed E-state index contributed by atoms with van der Waals surface area (Å²) in [4.78, 5) is 41.2. The van der Waals surface area contributed by atoms with Crippen LogP contribution in [-0.4, -0.2) is 70.8 Å². The Hall–Kier alpha value is -3.42. The number of halogens is 4. The van der Waals surface area contributed by atoms with Crippen LogP contribution in [0.15, 0.2) is 23.2 Å². The van der Waals surface area contributed by atoms with E-state index in [0.29, 0.717) is 31.6 Å². The molecule has 0 spiro atoms. The Kier molecular flexibility index (Phi) is 9.26. The zero-order valence-corrected chi connectivity index (χ0v) is 23.5. The van der Waals surface area contributed by atoms with Gasteiger partial charge in [-0.25, -0.2) is 14.2 Å². The van der Waals surface area contributed by atoms with Gasteiger partial charge in [-0.2, -0.15) is 13.2 Å². The van der Waals surface area contributed by atoms with Crippen LogP contribution < -0.4 is 15.8 Å². The summed E-state index contributed by atoms with van der Waals surface area (Å²) >= 11 is 0. The number of nitrogens with two attached hydrogens (primary N) is 1. The number of amides is 2. The van der Waals surface area contributed by atoms with Crippen molar-refractivity contribution in [3.05, 3.63) is 29.6 Å². The van der Waals surface area contributed by atoms with Crippen molar-refractivity contribution in [3.8, 4) is 5.75 Å². The van der Waals surface area contributed by atoms with Crippen molar-refractivity contribution in [2.75, 3.05) is 13.7 Å². The van der Waals surface area contributed by atoms with E-state index in [1.54, 1.807) is 18.1 Å². The van der Waals surface area contributed by atoms with Gasteiger partial charge in [0, 0.05) is 43.7 Å². The SMILES string of the molecule is COCC[C@H]([C@@H]1C[C@H]1C(=O)NC1CC(C)(C)Oc2cc(F)ccc21)N1C(=O)CC(C)(C)N=C1N.O=C(O)C(F)(F)F. The van der Waals surface area contributed by atoms with Crippen molar-refractivity contribution in [1.29, 1.82) is 0 Å². The number of aliphatic imine (C=N–C) groups is 1. The van der Waals surface area contributed by atoms with Crippen molar-refractivity contribution >= 4 is 23.7 Å². The molecule has 0 saturated heterocycles. The third-order valence-electron chi connectivity index (χ3n) is 7.13. The number of methoxy groups -OCH3 is 1. The Morgan fingerprint density at radius 1 is 1.29 bits per heavy atom. The second-order valence-corrected chi connectivity index (χ2v) is 11.7. The number of benzene rings is 1. The van der Waals surface area contributed by atoms with Crippen molar-refractivity contribution < 1.29 is 46.5 Å². The first-order valence-corrected chi connectivity index (χ1v) is 13.1. The highest BCUT2D eigenvalue weighted by molar-refractivity contribution is 5.99.